The molecule has 2 heterocycles. The summed E-state index contributed by atoms with van der Waals surface area (Å²) in [6.45, 7) is 11.1. The van der Waals surface area contributed by atoms with Crippen LogP contribution in [0.25, 0.3) is 0 Å². The molecule has 0 atom stereocenters. The van der Waals surface area contributed by atoms with Gasteiger partial charge >= 0.3 is 0 Å². The normalized spacial score (nSPS) is 11.1. The number of aromatic nitrogens is 4. The van der Waals surface area contributed by atoms with Crippen LogP contribution in [0.3, 0.4) is 0 Å². The van der Waals surface area contributed by atoms with Gasteiger partial charge in [0.1, 0.15) is 0 Å². The molecule has 7 heteroatoms. The van der Waals surface area contributed by atoms with Gasteiger partial charge in [0.15, 0.2) is 0 Å². The summed E-state index contributed by atoms with van der Waals surface area (Å²) in [5.74, 6) is -0.0373. The van der Waals surface area contributed by atoms with Crippen LogP contribution in [0.1, 0.15) is 40.3 Å². The van der Waals surface area contributed by atoms with E-state index in [4.69, 9.17) is 0 Å². The van der Waals surface area contributed by atoms with Crippen LogP contribution in [0.4, 0.5) is 5.69 Å². The quantitative estimate of drug-likeness (QED) is 0.611. The van der Waals surface area contributed by atoms with Crippen LogP contribution in [0.15, 0.2) is 28.7 Å². The predicted molar refractivity (Wildman–Crippen MR) is 115 cm³/mol. The Morgan fingerprint density at radius 2 is 1.61 bits per heavy atom. The fourth-order valence-corrected chi connectivity index (χ4v) is 3.48. The summed E-state index contributed by atoms with van der Waals surface area (Å²) < 4.78 is 4.80. The molecule has 0 aliphatic carbocycles. The van der Waals surface area contributed by atoms with Crippen molar-refractivity contribution in [3.63, 3.8) is 0 Å². The number of nitrogens with one attached hydrogen (secondary N) is 1. The predicted octanol–water partition coefficient (Wildman–Crippen LogP) is 4.46. The van der Waals surface area contributed by atoms with Gasteiger partial charge in [-0.3, -0.25) is 14.2 Å². The van der Waals surface area contributed by atoms with Crippen LogP contribution in [-0.4, -0.2) is 25.5 Å². The highest BCUT2D eigenvalue weighted by Gasteiger charge is 2.15. The van der Waals surface area contributed by atoms with Crippen LogP contribution < -0.4 is 5.32 Å². The zero-order valence-corrected chi connectivity index (χ0v) is 18.6. The van der Waals surface area contributed by atoms with Gasteiger partial charge in [0.25, 0.3) is 0 Å². The smallest absolute Gasteiger partial charge is 0.226 e. The SMILES string of the molecule is Cc1ccc(Cn2nc(C)c(NC(=O)CCn3nc(C)c(Br)c3C)c2C)cc1. The Balaban J connectivity index is 1.66. The van der Waals surface area contributed by atoms with Crippen molar-refractivity contribution < 1.29 is 4.79 Å². The molecule has 1 N–H and O–H groups in total. The molecule has 0 bridgehead atoms. The number of halogens is 1. The molecule has 0 saturated carbocycles. The maximum absolute atomic E-state index is 12.5. The summed E-state index contributed by atoms with van der Waals surface area (Å²) >= 11 is 3.52. The summed E-state index contributed by atoms with van der Waals surface area (Å²) in [5.41, 5.74) is 6.97. The van der Waals surface area contributed by atoms with Gasteiger partial charge < -0.3 is 5.32 Å². The van der Waals surface area contributed by atoms with E-state index in [0.29, 0.717) is 19.5 Å². The third-order valence-corrected chi connectivity index (χ3v) is 6.09. The second-order valence-electron chi connectivity index (χ2n) is 7.20. The first kappa shape index (κ1) is 20.3. The van der Waals surface area contributed by atoms with Crippen LogP contribution in [-0.2, 0) is 17.9 Å². The molecule has 1 aromatic carbocycles. The number of benzene rings is 1. The third kappa shape index (κ3) is 4.35. The van der Waals surface area contributed by atoms with Crippen molar-refractivity contribution in [2.45, 2.75) is 54.1 Å². The van der Waals surface area contributed by atoms with Crippen molar-refractivity contribution >= 4 is 27.5 Å². The third-order valence-electron chi connectivity index (χ3n) is 4.94. The van der Waals surface area contributed by atoms with Gasteiger partial charge in [0.2, 0.25) is 5.91 Å². The lowest BCUT2D eigenvalue weighted by molar-refractivity contribution is -0.116. The highest BCUT2D eigenvalue weighted by Crippen LogP contribution is 2.22. The number of carbonyl (C=O) groups excluding carboxylic acids is 1. The molecule has 3 aromatic rings. The Labute approximate surface area is 174 Å². The van der Waals surface area contributed by atoms with Crippen molar-refractivity contribution in [1.29, 1.82) is 0 Å². The second-order valence-corrected chi connectivity index (χ2v) is 7.99. The maximum Gasteiger partial charge on any atom is 0.226 e. The largest absolute Gasteiger partial charge is 0.323 e. The number of hydrogen-bond donors (Lipinski definition) is 1. The van der Waals surface area contributed by atoms with E-state index >= 15 is 0 Å². The number of carbonyl (C=O) groups is 1. The van der Waals surface area contributed by atoms with E-state index < -0.39 is 0 Å². The maximum atomic E-state index is 12.5. The first-order valence-electron chi connectivity index (χ1n) is 9.35. The molecule has 2 aromatic heterocycles. The minimum atomic E-state index is -0.0373. The Morgan fingerprint density at radius 1 is 0.964 bits per heavy atom. The lowest BCUT2D eigenvalue weighted by Gasteiger charge is -2.08. The molecule has 3 rings (SSSR count). The van der Waals surface area contributed by atoms with Crippen LogP contribution in [0.2, 0.25) is 0 Å². The Bertz CT molecular complexity index is 1000. The average Bonchev–Trinajstić information content (AvgIpc) is 3.06. The number of hydrogen-bond acceptors (Lipinski definition) is 3. The van der Waals surface area contributed by atoms with Gasteiger partial charge in [-0.05, 0) is 56.1 Å². The standard InChI is InChI=1S/C21H26BrN5O/c1-13-6-8-18(9-7-13)12-27-17(5)21(15(3)25-27)23-19(28)10-11-26-16(4)20(22)14(2)24-26/h6-9H,10-12H2,1-5H3,(H,23,28). The zero-order valence-electron chi connectivity index (χ0n) is 17.0. The van der Waals surface area contributed by atoms with Gasteiger partial charge in [0, 0.05) is 12.1 Å². The summed E-state index contributed by atoms with van der Waals surface area (Å²) in [5, 5.41) is 12.1. The fourth-order valence-electron chi connectivity index (χ4n) is 3.20. The van der Waals surface area contributed by atoms with Gasteiger partial charge in [-0.2, -0.15) is 10.2 Å². The first-order valence-corrected chi connectivity index (χ1v) is 10.1. The molecular formula is C21H26BrN5O. The van der Waals surface area contributed by atoms with E-state index in [9.17, 15) is 4.79 Å². The second kappa shape index (κ2) is 8.31. The lowest BCUT2D eigenvalue weighted by Crippen LogP contribution is -2.16. The highest BCUT2D eigenvalue weighted by molar-refractivity contribution is 9.10. The van der Waals surface area contributed by atoms with Crippen molar-refractivity contribution in [2.75, 3.05) is 5.32 Å². The fraction of sp³-hybridized carbons (Fsp3) is 0.381. The number of anilines is 1. The summed E-state index contributed by atoms with van der Waals surface area (Å²) in [4.78, 5) is 12.5. The number of rotatable bonds is 6. The molecule has 0 unspecified atom stereocenters. The highest BCUT2D eigenvalue weighted by atomic mass is 79.9. The van der Waals surface area contributed by atoms with Crippen molar-refractivity contribution in [1.82, 2.24) is 19.6 Å². The Hall–Kier alpha value is -2.41. The molecular weight excluding hydrogens is 418 g/mol. The van der Waals surface area contributed by atoms with Crippen molar-refractivity contribution in [3.05, 3.63) is 62.6 Å². The van der Waals surface area contributed by atoms with Crippen molar-refractivity contribution in [3.8, 4) is 0 Å². The molecule has 0 radical (unpaired) electrons. The van der Waals surface area contributed by atoms with E-state index in [1.807, 2.05) is 37.1 Å². The number of nitrogens with zero attached hydrogens (tertiary/aromatic N) is 4. The molecule has 28 heavy (non-hydrogen) atoms. The monoisotopic (exact) mass is 443 g/mol. The molecule has 148 valence electrons. The summed E-state index contributed by atoms with van der Waals surface area (Å²) in [6, 6.07) is 8.41. The van der Waals surface area contributed by atoms with Crippen LogP contribution in [0, 0.1) is 34.6 Å². The average molecular weight is 444 g/mol. The van der Waals surface area contributed by atoms with Crippen LogP contribution >= 0.6 is 15.9 Å². The van der Waals surface area contributed by atoms with E-state index in [1.165, 1.54) is 11.1 Å². The van der Waals surface area contributed by atoms with Gasteiger partial charge in [0.05, 0.1) is 40.3 Å². The van der Waals surface area contributed by atoms with Crippen molar-refractivity contribution in [2.24, 2.45) is 0 Å². The van der Waals surface area contributed by atoms with Gasteiger partial charge in [-0.1, -0.05) is 29.8 Å². The van der Waals surface area contributed by atoms with E-state index in [1.54, 1.807) is 0 Å². The van der Waals surface area contributed by atoms with E-state index in [-0.39, 0.29) is 5.91 Å². The number of amides is 1. The molecule has 6 nitrogen and oxygen atoms in total. The molecule has 0 aliphatic rings. The summed E-state index contributed by atoms with van der Waals surface area (Å²) in [6.07, 6.45) is 0.358. The number of aryl methyl sites for hydroxylation is 4. The van der Waals surface area contributed by atoms with Crippen LogP contribution in [0.5, 0.6) is 0 Å². The minimum Gasteiger partial charge on any atom is -0.323 e. The summed E-state index contributed by atoms with van der Waals surface area (Å²) in [7, 11) is 0. The Morgan fingerprint density at radius 3 is 2.21 bits per heavy atom. The zero-order chi connectivity index (χ0) is 20.4. The van der Waals surface area contributed by atoms with E-state index in [2.05, 4.69) is 62.6 Å². The molecule has 0 saturated heterocycles. The van der Waals surface area contributed by atoms with E-state index in [0.717, 1.165) is 32.9 Å². The molecule has 0 aliphatic heterocycles. The Kier molecular flexibility index (Phi) is 6.03. The van der Waals surface area contributed by atoms with Gasteiger partial charge in [-0.15, -0.1) is 0 Å². The molecule has 0 spiro atoms. The van der Waals surface area contributed by atoms with Gasteiger partial charge in [-0.25, -0.2) is 0 Å². The topological polar surface area (TPSA) is 64.7 Å². The minimum absolute atomic E-state index is 0.0373. The molecule has 1 amide bonds. The molecule has 0 fully saturated rings. The first-order chi connectivity index (χ1) is 13.3. The lowest BCUT2D eigenvalue weighted by atomic mass is 10.1.